The van der Waals surface area contributed by atoms with Gasteiger partial charge in [-0.2, -0.15) is 5.26 Å². The van der Waals surface area contributed by atoms with Crippen LogP contribution < -0.4 is 0 Å². The Morgan fingerprint density at radius 2 is 2.07 bits per heavy atom. The van der Waals surface area contributed by atoms with Crippen molar-refractivity contribution in [3.8, 4) is 6.07 Å². The minimum absolute atomic E-state index is 0.648. The molecule has 0 fully saturated rings. The first-order valence-corrected chi connectivity index (χ1v) is 4.49. The fourth-order valence-corrected chi connectivity index (χ4v) is 1.67. The van der Waals surface area contributed by atoms with Crippen LogP contribution >= 0.6 is 0 Å². The highest BCUT2D eigenvalue weighted by Gasteiger charge is 2.04. The molecular formula is C12H10N2. The molecule has 0 unspecified atom stereocenters. The average molecular weight is 182 g/mol. The lowest BCUT2D eigenvalue weighted by molar-refractivity contribution is 1.23. The summed E-state index contributed by atoms with van der Waals surface area (Å²) in [6.45, 7) is 3.98. The van der Waals surface area contributed by atoms with Gasteiger partial charge in [0, 0.05) is 11.1 Å². The van der Waals surface area contributed by atoms with E-state index in [0.29, 0.717) is 5.56 Å². The topological polar surface area (TPSA) is 36.7 Å². The third kappa shape index (κ3) is 1.23. The number of rotatable bonds is 0. The molecule has 0 amide bonds. The van der Waals surface area contributed by atoms with Crippen molar-refractivity contribution in [3.63, 3.8) is 0 Å². The average Bonchev–Trinajstić information content (AvgIpc) is 2.17. The molecule has 14 heavy (non-hydrogen) atoms. The molecule has 0 aliphatic rings. The number of nitrogens with zero attached hydrogens (tertiary/aromatic N) is 2. The normalized spacial score (nSPS) is 10.1. The van der Waals surface area contributed by atoms with Crippen LogP contribution in [-0.4, -0.2) is 4.98 Å². The zero-order chi connectivity index (χ0) is 10.1. The molecule has 2 aromatic rings. The third-order valence-electron chi connectivity index (χ3n) is 2.29. The lowest BCUT2D eigenvalue weighted by atomic mass is 10.1. The summed E-state index contributed by atoms with van der Waals surface area (Å²) >= 11 is 0. The molecule has 68 valence electrons. The fraction of sp³-hybridized carbons (Fsp3) is 0.167. The summed E-state index contributed by atoms with van der Waals surface area (Å²) in [5, 5.41) is 9.99. The summed E-state index contributed by atoms with van der Waals surface area (Å²) in [5.41, 5.74) is 3.59. The van der Waals surface area contributed by atoms with E-state index in [9.17, 15) is 0 Å². The smallest absolute Gasteiger partial charge is 0.101 e. The van der Waals surface area contributed by atoms with Crippen LogP contribution in [0.2, 0.25) is 0 Å². The molecule has 0 bridgehead atoms. The number of nitriles is 1. The number of benzene rings is 1. The second kappa shape index (κ2) is 3.12. The zero-order valence-corrected chi connectivity index (χ0v) is 8.20. The van der Waals surface area contributed by atoms with E-state index in [0.717, 1.165) is 16.6 Å². The Hall–Kier alpha value is -1.88. The van der Waals surface area contributed by atoms with Crippen molar-refractivity contribution in [3.05, 3.63) is 41.1 Å². The van der Waals surface area contributed by atoms with Crippen LogP contribution in [0.15, 0.2) is 24.3 Å². The van der Waals surface area contributed by atoms with E-state index < -0.39 is 0 Å². The van der Waals surface area contributed by atoms with Gasteiger partial charge in [-0.05, 0) is 31.5 Å². The second-order valence-corrected chi connectivity index (χ2v) is 3.39. The van der Waals surface area contributed by atoms with Crippen LogP contribution in [0, 0.1) is 25.2 Å². The lowest BCUT2D eigenvalue weighted by Gasteiger charge is -2.04. The van der Waals surface area contributed by atoms with E-state index in [1.165, 1.54) is 5.56 Å². The molecule has 2 rings (SSSR count). The molecule has 0 saturated carbocycles. The van der Waals surface area contributed by atoms with Gasteiger partial charge in [-0.15, -0.1) is 0 Å². The highest BCUT2D eigenvalue weighted by atomic mass is 14.7. The molecule has 0 aliphatic heterocycles. The van der Waals surface area contributed by atoms with Gasteiger partial charge in [0.05, 0.1) is 11.1 Å². The molecular weight excluding hydrogens is 172 g/mol. The van der Waals surface area contributed by atoms with Gasteiger partial charge in [0.2, 0.25) is 0 Å². The zero-order valence-electron chi connectivity index (χ0n) is 8.20. The SMILES string of the molecule is Cc1cc(C)c2cccc(C#N)c2n1. The van der Waals surface area contributed by atoms with Crippen molar-refractivity contribution in [1.82, 2.24) is 4.98 Å². The van der Waals surface area contributed by atoms with Crippen LogP contribution in [0.25, 0.3) is 10.9 Å². The second-order valence-electron chi connectivity index (χ2n) is 3.39. The summed E-state index contributed by atoms with van der Waals surface area (Å²) in [4.78, 5) is 4.38. The molecule has 0 atom stereocenters. The number of pyridine rings is 1. The standard InChI is InChI=1S/C12H10N2/c1-8-6-9(2)14-12-10(7-13)4-3-5-11(8)12/h3-6H,1-2H3. The van der Waals surface area contributed by atoms with Gasteiger partial charge in [0.25, 0.3) is 0 Å². The van der Waals surface area contributed by atoms with Crippen molar-refractivity contribution in [2.24, 2.45) is 0 Å². The maximum absolute atomic E-state index is 8.93. The summed E-state index contributed by atoms with van der Waals surface area (Å²) < 4.78 is 0. The van der Waals surface area contributed by atoms with Gasteiger partial charge in [-0.25, -0.2) is 0 Å². The first-order chi connectivity index (χ1) is 6.72. The Kier molecular flexibility index (Phi) is 1.94. The number of hydrogen-bond acceptors (Lipinski definition) is 2. The summed E-state index contributed by atoms with van der Waals surface area (Å²) in [6.07, 6.45) is 0. The Morgan fingerprint density at radius 1 is 1.29 bits per heavy atom. The van der Waals surface area contributed by atoms with Gasteiger partial charge < -0.3 is 0 Å². The van der Waals surface area contributed by atoms with E-state index >= 15 is 0 Å². The van der Waals surface area contributed by atoms with Crippen LogP contribution in [0.1, 0.15) is 16.8 Å². The molecule has 1 aromatic heterocycles. The predicted molar refractivity (Wildman–Crippen MR) is 55.9 cm³/mol. The molecule has 0 saturated heterocycles. The van der Waals surface area contributed by atoms with Crippen molar-refractivity contribution < 1.29 is 0 Å². The van der Waals surface area contributed by atoms with Crippen LogP contribution in [0.3, 0.4) is 0 Å². The Balaban J connectivity index is 2.95. The molecule has 0 aliphatic carbocycles. The van der Waals surface area contributed by atoms with E-state index in [1.54, 1.807) is 6.07 Å². The minimum atomic E-state index is 0.648. The first kappa shape index (κ1) is 8.71. The summed E-state index contributed by atoms with van der Waals surface area (Å²) in [5.74, 6) is 0. The van der Waals surface area contributed by atoms with Crippen molar-refractivity contribution in [2.45, 2.75) is 13.8 Å². The minimum Gasteiger partial charge on any atom is -0.252 e. The van der Waals surface area contributed by atoms with E-state index in [1.807, 2.05) is 32.0 Å². The molecule has 0 N–H and O–H groups in total. The van der Waals surface area contributed by atoms with E-state index in [2.05, 4.69) is 11.1 Å². The van der Waals surface area contributed by atoms with Crippen LogP contribution in [0.4, 0.5) is 0 Å². The summed E-state index contributed by atoms with van der Waals surface area (Å²) in [7, 11) is 0. The van der Waals surface area contributed by atoms with Gasteiger partial charge in [-0.1, -0.05) is 12.1 Å². The first-order valence-electron chi connectivity index (χ1n) is 4.49. The molecule has 0 radical (unpaired) electrons. The number of para-hydroxylation sites is 1. The Bertz CT molecular complexity index is 536. The highest BCUT2D eigenvalue weighted by Crippen LogP contribution is 2.20. The number of aromatic nitrogens is 1. The Labute approximate surface area is 82.8 Å². The molecule has 1 heterocycles. The van der Waals surface area contributed by atoms with Crippen molar-refractivity contribution in [1.29, 1.82) is 5.26 Å². The van der Waals surface area contributed by atoms with Crippen LogP contribution in [-0.2, 0) is 0 Å². The molecule has 0 spiro atoms. The number of aryl methyl sites for hydroxylation is 2. The number of hydrogen-bond donors (Lipinski definition) is 0. The monoisotopic (exact) mass is 182 g/mol. The van der Waals surface area contributed by atoms with E-state index in [4.69, 9.17) is 5.26 Å². The Morgan fingerprint density at radius 3 is 2.79 bits per heavy atom. The quantitative estimate of drug-likeness (QED) is 0.628. The summed E-state index contributed by atoms with van der Waals surface area (Å²) in [6, 6.07) is 9.88. The predicted octanol–water partition coefficient (Wildman–Crippen LogP) is 2.72. The molecule has 2 heteroatoms. The number of fused-ring (bicyclic) bond motifs is 1. The van der Waals surface area contributed by atoms with Gasteiger partial charge in [0.1, 0.15) is 6.07 Å². The lowest BCUT2D eigenvalue weighted by Crippen LogP contribution is -1.90. The van der Waals surface area contributed by atoms with Gasteiger partial charge >= 0.3 is 0 Å². The fourth-order valence-electron chi connectivity index (χ4n) is 1.67. The van der Waals surface area contributed by atoms with Crippen LogP contribution in [0.5, 0.6) is 0 Å². The maximum Gasteiger partial charge on any atom is 0.101 e. The van der Waals surface area contributed by atoms with E-state index in [-0.39, 0.29) is 0 Å². The van der Waals surface area contributed by atoms with Crippen molar-refractivity contribution in [2.75, 3.05) is 0 Å². The largest absolute Gasteiger partial charge is 0.252 e. The maximum atomic E-state index is 8.93. The highest BCUT2D eigenvalue weighted by molar-refractivity contribution is 5.86. The molecule has 1 aromatic carbocycles. The molecule has 2 nitrogen and oxygen atoms in total. The van der Waals surface area contributed by atoms with Gasteiger partial charge in [-0.3, -0.25) is 4.98 Å². The third-order valence-corrected chi connectivity index (χ3v) is 2.29. The van der Waals surface area contributed by atoms with Crippen molar-refractivity contribution >= 4 is 10.9 Å². The van der Waals surface area contributed by atoms with Gasteiger partial charge in [0.15, 0.2) is 0 Å².